The van der Waals surface area contributed by atoms with Crippen LogP contribution in [0.5, 0.6) is 0 Å². The fraction of sp³-hybridized carbons (Fsp3) is 0.900. The number of hydrogen-bond acceptors (Lipinski definition) is 2. The lowest BCUT2D eigenvalue weighted by Crippen LogP contribution is -2.32. The topological polar surface area (TPSA) is 32.3 Å². The lowest BCUT2D eigenvalue weighted by atomic mass is 10.1. The van der Waals surface area contributed by atoms with E-state index in [2.05, 4.69) is 17.1 Å². The number of nitrogens with zero attached hydrogens (tertiary/aromatic N) is 1. The second-order valence-electron chi connectivity index (χ2n) is 3.68. The summed E-state index contributed by atoms with van der Waals surface area (Å²) in [5, 5.41) is 2.88. The van der Waals surface area contributed by atoms with Crippen LogP contribution in [0, 0.1) is 5.92 Å². The second-order valence-corrected chi connectivity index (χ2v) is 3.68. The number of rotatable bonds is 4. The molecule has 0 aromatic rings. The lowest BCUT2D eigenvalue weighted by Gasteiger charge is -2.14. The molecule has 1 aliphatic rings. The van der Waals surface area contributed by atoms with Crippen molar-refractivity contribution in [3.63, 3.8) is 0 Å². The molecule has 1 heterocycles. The van der Waals surface area contributed by atoms with Gasteiger partial charge in [0, 0.05) is 13.1 Å². The van der Waals surface area contributed by atoms with Gasteiger partial charge < -0.3 is 10.2 Å². The van der Waals surface area contributed by atoms with Gasteiger partial charge in [-0.05, 0) is 32.9 Å². The highest BCUT2D eigenvalue weighted by atomic mass is 16.1. The minimum absolute atomic E-state index is 0.237. The number of carbonyl (C=O) groups is 1. The van der Waals surface area contributed by atoms with E-state index in [0.29, 0.717) is 0 Å². The molecule has 1 fully saturated rings. The Bertz CT molecular complexity index is 170. The maximum atomic E-state index is 11.5. The Labute approximate surface area is 80.5 Å². The highest BCUT2D eigenvalue weighted by molar-refractivity contribution is 5.79. The Morgan fingerprint density at radius 2 is 2.31 bits per heavy atom. The van der Waals surface area contributed by atoms with Crippen LogP contribution in [0.15, 0.2) is 0 Å². The van der Waals surface area contributed by atoms with E-state index in [0.717, 1.165) is 32.6 Å². The van der Waals surface area contributed by atoms with Gasteiger partial charge in [-0.3, -0.25) is 4.79 Å². The molecule has 1 N–H and O–H groups in total. The van der Waals surface area contributed by atoms with Crippen LogP contribution in [-0.2, 0) is 4.79 Å². The molecule has 0 spiro atoms. The maximum absolute atomic E-state index is 11.5. The molecule has 1 rings (SSSR count). The number of carbonyl (C=O) groups excluding carboxylic acids is 1. The van der Waals surface area contributed by atoms with Gasteiger partial charge in [0.15, 0.2) is 0 Å². The summed E-state index contributed by atoms with van der Waals surface area (Å²) in [6.07, 6.45) is 2.22. The predicted octanol–water partition coefficient (Wildman–Crippen LogP) is 0.854. The van der Waals surface area contributed by atoms with Gasteiger partial charge in [0.25, 0.3) is 0 Å². The Balaban J connectivity index is 2.27. The van der Waals surface area contributed by atoms with Crippen LogP contribution in [0.1, 0.15) is 26.7 Å². The van der Waals surface area contributed by atoms with E-state index in [1.54, 1.807) is 0 Å². The highest BCUT2D eigenvalue weighted by Crippen LogP contribution is 2.16. The number of likely N-dealkylation sites (tertiary alicyclic amines) is 1. The fourth-order valence-electron chi connectivity index (χ4n) is 1.88. The Kier molecular flexibility index (Phi) is 4.22. The molecular weight excluding hydrogens is 164 g/mol. The highest BCUT2D eigenvalue weighted by Gasteiger charge is 2.26. The first kappa shape index (κ1) is 10.5. The van der Waals surface area contributed by atoms with Crippen LogP contribution >= 0.6 is 0 Å². The molecule has 1 amide bonds. The van der Waals surface area contributed by atoms with E-state index in [1.807, 2.05) is 6.92 Å². The van der Waals surface area contributed by atoms with Gasteiger partial charge in [-0.25, -0.2) is 0 Å². The quantitative estimate of drug-likeness (QED) is 0.702. The first-order valence-corrected chi connectivity index (χ1v) is 5.28. The zero-order valence-corrected chi connectivity index (χ0v) is 8.68. The molecule has 0 bridgehead atoms. The summed E-state index contributed by atoms with van der Waals surface area (Å²) in [4.78, 5) is 13.8. The summed E-state index contributed by atoms with van der Waals surface area (Å²) in [5.74, 6) is 0.479. The van der Waals surface area contributed by atoms with Gasteiger partial charge in [-0.2, -0.15) is 0 Å². The summed E-state index contributed by atoms with van der Waals surface area (Å²) in [6, 6.07) is 0. The van der Waals surface area contributed by atoms with Crippen molar-refractivity contribution < 1.29 is 4.79 Å². The average molecular weight is 184 g/mol. The van der Waals surface area contributed by atoms with Crippen molar-refractivity contribution in [2.75, 3.05) is 26.2 Å². The zero-order valence-electron chi connectivity index (χ0n) is 8.68. The maximum Gasteiger partial charge on any atom is 0.224 e. The largest absolute Gasteiger partial charge is 0.356 e. The minimum Gasteiger partial charge on any atom is -0.356 e. The summed E-state index contributed by atoms with van der Waals surface area (Å²) in [5.41, 5.74) is 0. The first-order chi connectivity index (χ1) is 6.27. The summed E-state index contributed by atoms with van der Waals surface area (Å²) in [7, 11) is 0. The van der Waals surface area contributed by atoms with Gasteiger partial charge in [0.1, 0.15) is 0 Å². The molecule has 0 saturated carbocycles. The van der Waals surface area contributed by atoms with Crippen LogP contribution in [0.2, 0.25) is 0 Å². The van der Waals surface area contributed by atoms with Gasteiger partial charge in [0.2, 0.25) is 5.91 Å². The van der Waals surface area contributed by atoms with E-state index in [-0.39, 0.29) is 11.8 Å². The van der Waals surface area contributed by atoms with Crippen molar-refractivity contribution in [1.29, 1.82) is 0 Å². The SMILES string of the molecule is CCCN1CCC(C(=O)NCC)C1. The molecule has 1 aliphatic heterocycles. The Morgan fingerprint density at radius 1 is 1.54 bits per heavy atom. The van der Waals surface area contributed by atoms with Gasteiger partial charge in [0.05, 0.1) is 5.92 Å². The fourth-order valence-corrected chi connectivity index (χ4v) is 1.88. The van der Waals surface area contributed by atoms with Gasteiger partial charge in [-0.1, -0.05) is 6.92 Å². The Morgan fingerprint density at radius 3 is 2.92 bits per heavy atom. The van der Waals surface area contributed by atoms with Gasteiger partial charge >= 0.3 is 0 Å². The smallest absolute Gasteiger partial charge is 0.224 e. The molecule has 1 atom stereocenters. The van der Waals surface area contributed by atoms with Crippen LogP contribution in [0.25, 0.3) is 0 Å². The molecule has 76 valence electrons. The number of nitrogens with one attached hydrogen (secondary N) is 1. The monoisotopic (exact) mass is 184 g/mol. The van der Waals surface area contributed by atoms with Crippen molar-refractivity contribution in [2.24, 2.45) is 5.92 Å². The van der Waals surface area contributed by atoms with E-state index >= 15 is 0 Å². The lowest BCUT2D eigenvalue weighted by molar-refractivity contribution is -0.124. The second kappa shape index (κ2) is 5.22. The molecule has 0 aliphatic carbocycles. The summed E-state index contributed by atoms with van der Waals surface area (Å²) in [6.45, 7) is 8.09. The third-order valence-corrected chi connectivity index (χ3v) is 2.53. The van der Waals surface area contributed by atoms with Crippen molar-refractivity contribution >= 4 is 5.91 Å². The van der Waals surface area contributed by atoms with Crippen molar-refractivity contribution in [3.05, 3.63) is 0 Å². The van der Waals surface area contributed by atoms with Crippen LogP contribution < -0.4 is 5.32 Å². The number of amides is 1. The van der Waals surface area contributed by atoms with Gasteiger partial charge in [-0.15, -0.1) is 0 Å². The van der Waals surface area contributed by atoms with Crippen LogP contribution in [-0.4, -0.2) is 37.0 Å². The first-order valence-electron chi connectivity index (χ1n) is 5.28. The molecule has 0 radical (unpaired) electrons. The van der Waals surface area contributed by atoms with E-state index in [9.17, 15) is 4.79 Å². The molecule has 13 heavy (non-hydrogen) atoms. The Hall–Kier alpha value is -0.570. The molecule has 1 unspecified atom stereocenters. The van der Waals surface area contributed by atoms with E-state index < -0.39 is 0 Å². The van der Waals surface area contributed by atoms with Crippen LogP contribution in [0.4, 0.5) is 0 Å². The summed E-state index contributed by atoms with van der Waals surface area (Å²) >= 11 is 0. The average Bonchev–Trinajstić information content (AvgIpc) is 2.54. The van der Waals surface area contributed by atoms with Crippen molar-refractivity contribution in [2.45, 2.75) is 26.7 Å². The van der Waals surface area contributed by atoms with Crippen molar-refractivity contribution in [3.8, 4) is 0 Å². The molecule has 1 saturated heterocycles. The van der Waals surface area contributed by atoms with E-state index in [4.69, 9.17) is 0 Å². The third kappa shape index (κ3) is 2.99. The molecule has 0 aromatic heterocycles. The van der Waals surface area contributed by atoms with Crippen LogP contribution in [0.3, 0.4) is 0 Å². The summed E-state index contributed by atoms with van der Waals surface area (Å²) < 4.78 is 0. The molecule has 3 heteroatoms. The molecule has 0 aromatic carbocycles. The minimum atomic E-state index is 0.237. The van der Waals surface area contributed by atoms with E-state index in [1.165, 1.54) is 6.42 Å². The van der Waals surface area contributed by atoms with Crippen molar-refractivity contribution in [1.82, 2.24) is 10.2 Å². The zero-order chi connectivity index (χ0) is 9.68. The molecule has 3 nitrogen and oxygen atoms in total. The third-order valence-electron chi connectivity index (χ3n) is 2.53. The normalized spacial score (nSPS) is 23.4. The number of hydrogen-bond donors (Lipinski definition) is 1. The molecular formula is C10H20N2O. The predicted molar refractivity (Wildman–Crippen MR) is 53.5 cm³/mol. The standard InChI is InChI=1S/C10H20N2O/c1-3-6-12-7-5-9(8-12)10(13)11-4-2/h9H,3-8H2,1-2H3,(H,11,13).